The van der Waals surface area contributed by atoms with Crippen LogP contribution in [0.2, 0.25) is 0 Å². The molecule has 73 heavy (non-hydrogen) atoms. The molecule has 6 nitrogen and oxygen atoms in total. The molecular weight excluding hydrogens is 901 g/mol. The van der Waals surface area contributed by atoms with Crippen molar-refractivity contribution in [1.82, 2.24) is 0 Å². The van der Waals surface area contributed by atoms with Crippen LogP contribution in [0.15, 0.2) is 24.3 Å². The second-order valence-corrected chi connectivity index (χ2v) is 22.4. The number of allylic oxidation sites excluding steroid dienone is 4. The van der Waals surface area contributed by atoms with E-state index < -0.39 is 6.10 Å². The summed E-state index contributed by atoms with van der Waals surface area (Å²) in [6.45, 7) is 6.68. The zero-order valence-corrected chi connectivity index (χ0v) is 49.4. The quantitative estimate of drug-likeness (QED) is 0.0261. The van der Waals surface area contributed by atoms with Gasteiger partial charge in [-0.2, -0.15) is 0 Å². The Balaban J connectivity index is 4.18. The van der Waals surface area contributed by atoms with Gasteiger partial charge < -0.3 is 14.2 Å². The van der Waals surface area contributed by atoms with Gasteiger partial charge in [0.25, 0.3) is 0 Å². The minimum Gasteiger partial charge on any atom is -0.462 e. The molecule has 0 bridgehead atoms. The zero-order chi connectivity index (χ0) is 52.9. The molecule has 0 fully saturated rings. The Morgan fingerprint density at radius 2 is 0.452 bits per heavy atom. The first-order chi connectivity index (χ1) is 36.0. The molecule has 0 aliphatic carbocycles. The molecule has 0 aromatic carbocycles. The Morgan fingerprint density at radius 3 is 0.699 bits per heavy atom. The fourth-order valence-electron chi connectivity index (χ4n) is 9.97. The average molecular weight is 1030 g/mol. The number of hydrogen-bond donors (Lipinski definition) is 0. The lowest BCUT2D eigenvalue weighted by Gasteiger charge is -2.18. The van der Waals surface area contributed by atoms with Crippen molar-refractivity contribution in [2.45, 2.75) is 374 Å². The van der Waals surface area contributed by atoms with Gasteiger partial charge in [-0.05, 0) is 70.6 Å². The van der Waals surface area contributed by atoms with Crippen molar-refractivity contribution < 1.29 is 28.6 Å². The molecule has 0 saturated heterocycles. The molecule has 1 unspecified atom stereocenters. The molecule has 0 aliphatic rings. The lowest BCUT2D eigenvalue weighted by molar-refractivity contribution is -0.167. The van der Waals surface area contributed by atoms with Crippen LogP contribution in [0.25, 0.3) is 0 Å². The van der Waals surface area contributed by atoms with Crippen LogP contribution in [-0.4, -0.2) is 37.2 Å². The molecule has 0 aromatic rings. The van der Waals surface area contributed by atoms with Crippen LogP contribution in [-0.2, 0) is 28.6 Å². The smallest absolute Gasteiger partial charge is 0.306 e. The first-order valence-electron chi connectivity index (χ1n) is 32.8. The fourth-order valence-corrected chi connectivity index (χ4v) is 9.97. The van der Waals surface area contributed by atoms with Gasteiger partial charge >= 0.3 is 17.9 Å². The fraction of sp³-hybridized carbons (Fsp3) is 0.896. The van der Waals surface area contributed by atoms with Crippen LogP contribution in [0, 0.1) is 0 Å². The van der Waals surface area contributed by atoms with Gasteiger partial charge in [0, 0.05) is 19.3 Å². The second-order valence-electron chi connectivity index (χ2n) is 22.4. The normalized spacial score (nSPS) is 12.1. The van der Waals surface area contributed by atoms with Crippen molar-refractivity contribution in [3.63, 3.8) is 0 Å². The SMILES string of the molecule is CCCCCC/C=C\CCCCCCCC(=O)OCC(COC(=O)CCCCCCCCCCCCCCCCC/C=C\CCCCCCCCCC)OC(=O)CCCCCCCCCCCCCCCCC. The first kappa shape index (κ1) is 70.9. The highest BCUT2D eigenvalue weighted by Crippen LogP contribution is 2.18. The summed E-state index contributed by atoms with van der Waals surface area (Å²) in [5, 5.41) is 0. The van der Waals surface area contributed by atoms with E-state index in [1.54, 1.807) is 0 Å². The maximum absolute atomic E-state index is 12.9. The summed E-state index contributed by atoms with van der Waals surface area (Å²) in [5.41, 5.74) is 0. The topological polar surface area (TPSA) is 78.9 Å². The number of hydrogen-bond acceptors (Lipinski definition) is 6. The van der Waals surface area contributed by atoms with Crippen LogP contribution in [0.4, 0.5) is 0 Å². The number of carbonyl (C=O) groups is 3. The minimum absolute atomic E-state index is 0.0682. The van der Waals surface area contributed by atoms with Gasteiger partial charge in [0.05, 0.1) is 0 Å². The lowest BCUT2D eigenvalue weighted by Crippen LogP contribution is -2.30. The third-order valence-corrected chi connectivity index (χ3v) is 14.9. The monoisotopic (exact) mass is 1030 g/mol. The predicted molar refractivity (Wildman–Crippen MR) is 316 cm³/mol. The summed E-state index contributed by atoms with van der Waals surface area (Å²) in [5.74, 6) is -0.851. The predicted octanol–water partition coefficient (Wildman–Crippen LogP) is 22.2. The molecule has 0 aromatic heterocycles. The van der Waals surface area contributed by atoms with Crippen molar-refractivity contribution >= 4 is 17.9 Å². The highest BCUT2D eigenvalue weighted by molar-refractivity contribution is 5.71. The molecule has 0 rings (SSSR count). The Hall–Kier alpha value is -2.11. The first-order valence-corrected chi connectivity index (χ1v) is 32.8. The van der Waals surface area contributed by atoms with Gasteiger partial charge in [-0.1, -0.05) is 302 Å². The van der Waals surface area contributed by atoms with Crippen molar-refractivity contribution in [2.75, 3.05) is 13.2 Å². The minimum atomic E-state index is -0.770. The van der Waals surface area contributed by atoms with E-state index in [2.05, 4.69) is 45.1 Å². The third kappa shape index (κ3) is 60.6. The molecule has 0 radical (unpaired) electrons. The molecule has 0 heterocycles. The molecule has 0 amide bonds. The van der Waals surface area contributed by atoms with Crippen LogP contribution >= 0.6 is 0 Å². The zero-order valence-electron chi connectivity index (χ0n) is 49.4. The summed E-state index contributed by atoms with van der Waals surface area (Å²) in [6, 6.07) is 0. The Labute approximate surface area is 455 Å². The molecule has 6 heteroatoms. The maximum Gasteiger partial charge on any atom is 0.306 e. The molecule has 0 N–H and O–H groups in total. The molecule has 0 spiro atoms. The second kappa shape index (κ2) is 62.4. The summed E-state index contributed by atoms with van der Waals surface area (Å²) < 4.78 is 16.9. The molecule has 0 aliphatic heterocycles. The van der Waals surface area contributed by atoms with E-state index in [4.69, 9.17) is 14.2 Å². The molecule has 1 atom stereocenters. The standard InChI is InChI=1S/C67H126O6/c1-4-7-10-13-16-19-22-25-27-28-29-30-31-32-33-34-35-36-37-38-40-42-45-48-51-54-57-60-66(69)72-63-64(62-71-65(68)59-56-53-50-47-44-41-24-21-18-15-12-9-6-3)73-67(70)61-58-55-52-49-46-43-39-26-23-20-17-14-11-8-5-2/h21,24,28-29,64H,4-20,22-23,25-27,30-63H2,1-3H3/b24-21-,29-28-. The summed E-state index contributed by atoms with van der Waals surface area (Å²) in [6.07, 6.45) is 74.8. The van der Waals surface area contributed by atoms with E-state index in [9.17, 15) is 14.4 Å². The van der Waals surface area contributed by atoms with Gasteiger partial charge in [0.15, 0.2) is 6.10 Å². The van der Waals surface area contributed by atoms with Crippen molar-refractivity contribution in [3.05, 3.63) is 24.3 Å². The van der Waals surface area contributed by atoms with E-state index in [1.807, 2.05) is 0 Å². The Kier molecular flexibility index (Phi) is 60.6. The highest BCUT2D eigenvalue weighted by atomic mass is 16.6. The largest absolute Gasteiger partial charge is 0.462 e. The van der Waals surface area contributed by atoms with E-state index in [1.165, 1.54) is 263 Å². The molecule has 0 saturated carbocycles. The van der Waals surface area contributed by atoms with Crippen molar-refractivity contribution in [3.8, 4) is 0 Å². The summed E-state index contributed by atoms with van der Waals surface area (Å²) >= 11 is 0. The highest BCUT2D eigenvalue weighted by Gasteiger charge is 2.19. The van der Waals surface area contributed by atoms with Gasteiger partial charge in [-0.25, -0.2) is 0 Å². The summed E-state index contributed by atoms with van der Waals surface area (Å²) in [4.78, 5) is 38.3. The van der Waals surface area contributed by atoms with E-state index in [0.29, 0.717) is 19.3 Å². The van der Waals surface area contributed by atoms with Crippen LogP contribution < -0.4 is 0 Å². The van der Waals surface area contributed by atoms with E-state index >= 15 is 0 Å². The molecule has 430 valence electrons. The van der Waals surface area contributed by atoms with E-state index in [-0.39, 0.29) is 31.1 Å². The Bertz CT molecular complexity index is 1180. The van der Waals surface area contributed by atoms with E-state index in [0.717, 1.165) is 64.2 Å². The number of esters is 3. The van der Waals surface area contributed by atoms with Gasteiger partial charge in [-0.15, -0.1) is 0 Å². The van der Waals surface area contributed by atoms with Crippen molar-refractivity contribution in [1.29, 1.82) is 0 Å². The maximum atomic E-state index is 12.9. The third-order valence-electron chi connectivity index (χ3n) is 14.9. The lowest BCUT2D eigenvalue weighted by atomic mass is 10.0. The van der Waals surface area contributed by atoms with Gasteiger partial charge in [-0.3, -0.25) is 14.4 Å². The van der Waals surface area contributed by atoms with Crippen molar-refractivity contribution in [2.24, 2.45) is 0 Å². The number of ether oxygens (including phenoxy) is 3. The Morgan fingerprint density at radius 1 is 0.260 bits per heavy atom. The summed E-state index contributed by atoms with van der Waals surface area (Å²) in [7, 11) is 0. The van der Waals surface area contributed by atoms with Crippen LogP contribution in [0.3, 0.4) is 0 Å². The molecular formula is C67H126O6. The number of rotatable bonds is 61. The van der Waals surface area contributed by atoms with Crippen LogP contribution in [0.5, 0.6) is 0 Å². The number of carbonyl (C=O) groups excluding carboxylic acids is 3. The van der Waals surface area contributed by atoms with Gasteiger partial charge in [0.2, 0.25) is 0 Å². The average Bonchev–Trinajstić information content (AvgIpc) is 3.39. The van der Waals surface area contributed by atoms with Gasteiger partial charge in [0.1, 0.15) is 13.2 Å². The number of unbranched alkanes of at least 4 members (excludes halogenated alkanes) is 46. The van der Waals surface area contributed by atoms with Crippen LogP contribution in [0.1, 0.15) is 367 Å².